The number of unbranched alkanes of at least 4 members (excludes halogenated alkanes) is 1. The number of nitrogens with one attached hydrogen (secondary N) is 1. The summed E-state index contributed by atoms with van der Waals surface area (Å²) in [5, 5.41) is 13.4. The monoisotopic (exact) mass is 1210 g/mol. The van der Waals surface area contributed by atoms with Crippen molar-refractivity contribution in [2.24, 2.45) is 28.0 Å². The van der Waals surface area contributed by atoms with Gasteiger partial charge in [0.25, 0.3) is 8.53 Å². The molecule has 0 bridgehead atoms. The van der Waals surface area contributed by atoms with Gasteiger partial charge in [-0.3, -0.25) is 4.79 Å². The molecule has 7 N–H and O–H groups in total. The summed E-state index contributed by atoms with van der Waals surface area (Å²) in [7, 11) is 13.9. The van der Waals surface area contributed by atoms with Crippen molar-refractivity contribution in [1.82, 2.24) is 9.99 Å². The van der Waals surface area contributed by atoms with E-state index in [4.69, 9.17) is 41.0 Å². The van der Waals surface area contributed by atoms with Crippen LogP contribution in [0.15, 0.2) is 48.5 Å². The molecule has 0 heterocycles. The lowest BCUT2D eigenvalue weighted by atomic mass is 9.82. The highest BCUT2D eigenvalue weighted by Crippen LogP contribution is 2.54. The number of nitriles is 1. The Labute approximate surface area is 487 Å². The largest absolute Gasteiger partial charge is 0.449 e. The van der Waals surface area contributed by atoms with Gasteiger partial charge in [-0.15, -0.1) is 0 Å². The van der Waals surface area contributed by atoms with E-state index >= 15 is 0 Å². The maximum Gasteiger partial charge on any atom is 0.407 e. The third-order valence-electron chi connectivity index (χ3n) is 11.4. The fraction of sp³-hybridized carbons (Fsp3) is 0.722. The van der Waals surface area contributed by atoms with Crippen molar-refractivity contribution in [1.29, 1.82) is 5.26 Å². The Kier molecular flexibility index (Phi) is 38.7. The molecule has 0 radical (unpaired) electrons. The van der Waals surface area contributed by atoms with Crippen molar-refractivity contribution < 1.29 is 28.1 Å². The van der Waals surface area contributed by atoms with Gasteiger partial charge in [0.15, 0.2) is 0 Å². The Morgan fingerprint density at radius 2 is 1.27 bits per heavy atom. The number of ether oxygens (including phenoxy) is 2. The molecule has 75 heavy (non-hydrogen) atoms. The first-order chi connectivity index (χ1) is 35.9. The van der Waals surface area contributed by atoms with Crippen LogP contribution in [0, 0.1) is 22.2 Å². The van der Waals surface area contributed by atoms with Crippen molar-refractivity contribution in [3.05, 3.63) is 59.7 Å². The first kappa shape index (κ1) is 70.9. The van der Waals surface area contributed by atoms with Crippen molar-refractivity contribution in [3.63, 3.8) is 0 Å². The minimum absolute atomic E-state index is 0.0491. The molecule has 1 amide bonds. The van der Waals surface area contributed by atoms with E-state index in [0.29, 0.717) is 68.0 Å². The number of fused-ring (bicyclic) bond motifs is 3. The minimum Gasteiger partial charge on any atom is -0.449 e. The van der Waals surface area contributed by atoms with Gasteiger partial charge in [0.1, 0.15) is 12.4 Å². The maximum absolute atomic E-state index is 12.4. The van der Waals surface area contributed by atoms with E-state index in [1.54, 1.807) is 21.6 Å². The molecule has 428 valence electrons. The van der Waals surface area contributed by atoms with E-state index < -0.39 is 14.6 Å². The second-order valence-corrected chi connectivity index (χ2v) is 32.6. The highest BCUT2D eigenvalue weighted by molar-refractivity contribution is 8.79. The van der Waals surface area contributed by atoms with Gasteiger partial charge in [-0.1, -0.05) is 183 Å². The third kappa shape index (κ3) is 28.4. The number of carbonyl (C=O) groups excluding carboxylic acids is 2. The molecule has 4 unspecified atom stereocenters. The molecule has 0 aromatic heterocycles. The number of carbonyl (C=O) groups is 2. The van der Waals surface area contributed by atoms with Crippen LogP contribution >= 0.6 is 94.9 Å². The van der Waals surface area contributed by atoms with Gasteiger partial charge >= 0.3 is 6.09 Å². The number of benzene rings is 2. The van der Waals surface area contributed by atoms with Crippen LogP contribution in [0.2, 0.25) is 0 Å². The smallest absolute Gasteiger partial charge is 0.407 e. The first-order valence-corrected chi connectivity index (χ1v) is 37.2. The van der Waals surface area contributed by atoms with Crippen LogP contribution in [0.3, 0.4) is 0 Å². The molecular formula is C54H93N6O6PS8. The first-order valence-electron chi connectivity index (χ1n) is 26.5. The number of amides is 1. The number of hydrogen-bond acceptors (Lipinski definition) is 19. The summed E-state index contributed by atoms with van der Waals surface area (Å²) < 4.78 is 26.1. The minimum atomic E-state index is -1.30. The number of alkyl carbamates (subject to hydrolysis) is 1. The molecule has 0 aliphatic heterocycles. The number of ketones is 1. The Bertz CT molecular complexity index is 1820. The SMILES string of the molecule is CC(C)(C)C(SSCCN)C(SSCCN)C(SSCCN)C(C)(C)C.CCC(COCCCCC(=O)CCSSCCNC(=O)OCC1c2ccccc2-c2ccccc21)OP(OCCC#N)N(C(C)C)C(C)C. The van der Waals surface area contributed by atoms with Gasteiger partial charge in [-0.05, 0) is 80.0 Å². The summed E-state index contributed by atoms with van der Waals surface area (Å²) in [4.78, 5) is 24.7. The molecule has 2 aromatic carbocycles. The van der Waals surface area contributed by atoms with Gasteiger partial charge in [0, 0.05) is 108 Å². The molecule has 4 atom stereocenters. The number of nitrogens with zero attached hydrogens (tertiary/aromatic N) is 2. The fourth-order valence-electron chi connectivity index (χ4n) is 7.79. The predicted octanol–water partition coefficient (Wildman–Crippen LogP) is 14.3. The van der Waals surface area contributed by atoms with Crippen LogP contribution in [0.5, 0.6) is 0 Å². The second kappa shape index (κ2) is 40.9. The van der Waals surface area contributed by atoms with E-state index in [9.17, 15) is 9.59 Å². The topological polar surface area (TPSA) is 188 Å². The van der Waals surface area contributed by atoms with Gasteiger partial charge in [0.2, 0.25) is 0 Å². The zero-order valence-electron chi connectivity index (χ0n) is 46.9. The van der Waals surface area contributed by atoms with Crippen LogP contribution in [0.4, 0.5) is 4.79 Å². The quantitative estimate of drug-likeness (QED) is 0.0281. The Hall–Kier alpha value is -0.180. The van der Waals surface area contributed by atoms with Crippen LogP contribution < -0.4 is 22.5 Å². The summed E-state index contributed by atoms with van der Waals surface area (Å²) in [5.41, 5.74) is 22.5. The molecule has 21 heteroatoms. The summed E-state index contributed by atoms with van der Waals surface area (Å²) >= 11 is 0. The van der Waals surface area contributed by atoms with Crippen molar-refractivity contribution in [2.75, 3.05) is 81.4 Å². The molecule has 2 aromatic rings. The van der Waals surface area contributed by atoms with E-state index in [-0.39, 0.29) is 40.7 Å². The molecule has 0 spiro atoms. The van der Waals surface area contributed by atoms with Crippen LogP contribution in [0.1, 0.15) is 132 Å². The van der Waals surface area contributed by atoms with E-state index in [0.717, 1.165) is 67.7 Å². The average Bonchev–Trinajstić information content (AvgIpc) is 3.68. The number of hydrogen-bond donors (Lipinski definition) is 4. The van der Waals surface area contributed by atoms with Crippen LogP contribution in [0.25, 0.3) is 11.1 Å². The van der Waals surface area contributed by atoms with Crippen molar-refractivity contribution >= 4 is 107 Å². The Morgan fingerprint density at radius 3 is 1.77 bits per heavy atom. The van der Waals surface area contributed by atoms with Crippen LogP contribution in [-0.4, -0.2) is 132 Å². The summed E-state index contributed by atoms with van der Waals surface area (Å²) in [5.74, 6) is 4.80. The maximum atomic E-state index is 12.4. The molecule has 12 nitrogen and oxygen atoms in total. The summed E-state index contributed by atoms with van der Waals surface area (Å²) in [6.45, 7) is 29.2. The molecule has 0 saturated heterocycles. The standard InChI is InChI=1S/C37H54N3O6PS2.C17H39N3S6/c1-6-31(46-47(45-23-13-20-38)40(28(2)3)29(4)5)26-43-22-12-11-14-30(41)19-24-48-49-25-21-39-37(42)44-27-36-34-17-9-7-15-32(34)33-16-8-10-18-35(33)36;1-16(2,3)14(25-22-11-8-19)13(24-21-10-7-18)15(17(4,5)6)26-23-12-9-20/h7-10,15-18,28-29,31,36H,6,11-14,19,21-27H2,1-5H3,(H,39,42);13-15H,7-12,18-20H2,1-6H3. The van der Waals surface area contributed by atoms with Crippen LogP contribution in [-0.2, 0) is 23.3 Å². The molecule has 0 fully saturated rings. The predicted molar refractivity (Wildman–Crippen MR) is 340 cm³/mol. The molecule has 1 aliphatic carbocycles. The number of rotatable bonds is 39. The second-order valence-electron chi connectivity index (χ2n) is 20.6. The van der Waals surface area contributed by atoms with Gasteiger partial charge < -0.3 is 41.0 Å². The lowest BCUT2D eigenvalue weighted by Gasteiger charge is -2.43. The lowest BCUT2D eigenvalue weighted by molar-refractivity contribution is -0.118. The summed E-state index contributed by atoms with van der Waals surface area (Å²) in [6, 6.07) is 19.2. The van der Waals surface area contributed by atoms with E-state index in [2.05, 4.69) is 116 Å². The van der Waals surface area contributed by atoms with Gasteiger partial charge in [0.05, 0.1) is 31.8 Å². The zero-order chi connectivity index (χ0) is 55.7. The normalized spacial score (nSPS) is 14.7. The zero-order valence-corrected chi connectivity index (χ0v) is 54.3. The van der Waals surface area contributed by atoms with Gasteiger partial charge in [-0.2, -0.15) is 5.26 Å². The third-order valence-corrected chi connectivity index (χ3v) is 25.8. The lowest BCUT2D eigenvalue weighted by Crippen LogP contribution is -2.44. The summed E-state index contributed by atoms with van der Waals surface area (Å²) in [6.07, 6.45) is 3.35. The molecule has 1 aliphatic rings. The molecule has 3 rings (SSSR count). The van der Waals surface area contributed by atoms with Gasteiger partial charge in [-0.25, -0.2) is 9.46 Å². The number of nitrogens with two attached hydrogens (primary N) is 3. The average molecular weight is 1210 g/mol. The number of Topliss-reactive ketones (excluding diaryl/α,β-unsaturated/α-hetero) is 1. The molecule has 0 saturated carbocycles. The van der Waals surface area contributed by atoms with E-state index in [1.807, 2.05) is 89.0 Å². The van der Waals surface area contributed by atoms with Crippen molar-refractivity contribution in [2.45, 2.75) is 155 Å². The highest BCUT2D eigenvalue weighted by Gasteiger charge is 2.43. The van der Waals surface area contributed by atoms with E-state index in [1.165, 1.54) is 22.3 Å². The Morgan fingerprint density at radius 1 is 0.733 bits per heavy atom. The Balaban J connectivity index is 0.000000626. The fourth-order valence-corrected chi connectivity index (χ4v) is 22.5. The highest BCUT2D eigenvalue weighted by atomic mass is 33.1. The van der Waals surface area contributed by atoms with Crippen molar-refractivity contribution in [3.8, 4) is 17.2 Å². The molecular weight excluding hydrogens is 1120 g/mol.